The number of anilines is 1. The van der Waals surface area contributed by atoms with Gasteiger partial charge in [-0.05, 0) is 51.7 Å². The SMILES string of the molecule is CC(C)Nc1ncccc1C(=O)N1CCC[C@H]([C@@H](C)N)C1. The molecule has 5 heteroatoms. The topological polar surface area (TPSA) is 71.2 Å². The van der Waals surface area contributed by atoms with Gasteiger partial charge in [0.2, 0.25) is 0 Å². The molecule has 0 aliphatic carbocycles. The van der Waals surface area contributed by atoms with Crippen molar-refractivity contribution in [3.05, 3.63) is 23.9 Å². The summed E-state index contributed by atoms with van der Waals surface area (Å²) in [5.74, 6) is 1.11. The highest BCUT2D eigenvalue weighted by atomic mass is 16.2. The Morgan fingerprint density at radius 3 is 2.90 bits per heavy atom. The monoisotopic (exact) mass is 290 g/mol. The Hall–Kier alpha value is -1.62. The van der Waals surface area contributed by atoms with Crippen molar-refractivity contribution < 1.29 is 4.79 Å². The van der Waals surface area contributed by atoms with E-state index in [1.807, 2.05) is 37.8 Å². The lowest BCUT2D eigenvalue weighted by atomic mass is 9.92. The average Bonchev–Trinajstić information content (AvgIpc) is 2.46. The lowest BCUT2D eigenvalue weighted by Gasteiger charge is -2.35. The van der Waals surface area contributed by atoms with Crippen LogP contribution in [0.4, 0.5) is 5.82 Å². The van der Waals surface area contributed by atoms with E-state index in [4.69, 9.17) is 5.73 Å². The normalized spacial score (nSPS) is 20.4. The minimum atomic E-state index is 0.0524. The smallest absolute Gasteiger partial charge is 0.257 e. The Labute approximate surface area is 126 Å². The van der Waals surface area contributed by atoms with Gasteiger partial charge in [-0.25, -0.2) is 4.98 Å². The zero-order chi connectivity index (χ0) is 15.4. The van der Waals surface area contributed by atoms with E-state index in [0.29, 0.717) is 17.3 Å². The number of piperidine rings is 1. The number of nitrogens with one attached hydrogen (secondary N) is 1. The number of aromatic nitrogens is 1. The summed E-state index contributed by atoms with van der Waals surface area (Å²) in [7, 11) is 0. The van der Waals surface area contributed by atoms with Gasteiger partial charge >= 0.3 is 0 Å². The van der Waals surface area contributed by atoms with Crippen LogP contribution in [0.3, 0.4) is 0 Å². The quantitative estimate of drug-likeness (QED) is 0.891. The van der Waals surface area contributed by atoms with Gasteiger partial charge in [0, 0.05) is 31.4 Å². The van der Waals surface area contributed by atoms with Crippen LogP contribution in [-0.2, 0) is 0 Å². The van der Waals surface area contributed by atoms with Crippen LogP contribution in [0.25, 0.3) is 0 Å². The van der Waals surface area contributed by atoms with Crippen molar-refractivity contribution in [3.63, 3.8) is 0 Å². The van der Waals surface area contributed by atoms with E-state index in [-0.39, 0.29) is 18.0 Å². The fourth-order valence-electron chi connectivity index (χ4n) is 2.76. The van der Waals surface area contributed by atoms with E-state index in [1.54, 1.807) is 6.20 Å². The van der Waals surface area contributed by atoms with Crippen LogP contribution in [0.15, 0.2) is 18.3 Å². The maximum absolute atomic E-state index is 12.8. The van der Waals surface area contributed by atoms with Crippen LogP contribution in [0, 0.1) is 5.92 Å². The molecule has 116 valence electrons. The molecular formula is C16H26N4O. The number of amides is 1. The lowest BCUT2D eigenvalue weighted by molar-refractivity contribution is 0.0661. The molecular weight excluding hydrogens is 264 g/mol. The third-order valence-electron chi connectivity index (χ3n) is 3.95. The molecule has 0 radical (unpaired) electrons. The van der Waals surface area contributed by atoms with Gasteiger partial charge in [0.15, 0.2) is 0 Å². The van der Waals surface area contributed by atoms with Crippen LogP contribution in [0.5, 0.6) is 0 Å². The second-order valence-corrected chi connectivity index (χ2v) is 6.21. The zero-order valence-electron chi connectivity index (χ0n) is 13.2. The molecule has 2 rings (SSSR count). The highest BCUT2D eigenvalue weighted by molar-refractivity contribution is 5.98. The molecule has 1 aromatic heterocycles. The van der Waals surface area contributed by atoms with Crippen LogP contribution in [0.1, 0.15) is 44.0 Å². The molecule has 0 spiro atoms. The van der Waals surface area contributed by atoms with E-state index in [9.17, 15) is 4.79 Å². The van der Waals surface area contributed by atoms with Gasteiger partial charge < -0.3 is 16.0 Å². The maximum atomic E-state index is 12.8. The first-order chi connectivity index (χ1) is 9.99. The summed E-state index contributed by atoms with van der Waals surface area (Å²) >= 11 is 0. The minimum absolute atomic E-state index is 0.0524. The minimum Gasteiger partial charge on any atom is -0.367 e. The maximum Gasteiger partial charge on any atom is 0.257 e. The summed E-state index contributed by atoms with van der Waals surface area (Å²) in [6, 6.07) is 4.02. The molecule has 3 N–H and O–H groups in total. The first-order valence-electron chi connectivity index (χ1n) is 7.75. The van der Waals surface area contributed by atoms with Gasteiger partial charge in [0.1, 0.15) is 5.82 Å². The first kappa shape index (κ1) is 15.8. The Bertz CT molecular complexity index is 487. The zero-order valence-corrected chi connectivity index (χ0v) is 13.2. The third kappa shape index (κ3) is 3.94. The molecule has 21 heavy (non-hydrogen) atoms. The van der Waals surface area contributed by atoms with Crippen molar-refractivity contribution in [2.45, 2.75) is 45.7 Å². The van der Waals surface area contributed by atoms with Crippen LogP contribution < -0.4 is 11.1 Å². The van der Waals surface area contributed by atoms with Crippen LogP contribution in [0.2, 0.25) is 0 Å². The van der Waals surface area contributed by atoms with Gasteiger partial charge in [-0.3, -0.25) is 4.79 Å². The Balaban J connectivity index is 2.16. The number of rotatable bonds is 4. The van der Waals surface area contributed by atoms with Gasteiger partial charge in [0.25, 0.3) is 5.91 Å². The number of hydrogen-bond acceptors (Lipinski definition) is 4. The molecule has 1 saturated heterocycles. The largest absolute Gasteiger partial charge is 0.367 e. The van der Waals surface area contributed by atoms with Crippen molar-refractivity contribution in [3.8, 4) is 0 Å². The molecule has 2 heterocycles. The van der Waals surface area contributed by atoms with E-state index >= 15 is 0 Å². The predicted molar refractivity (Wildman–Crippen MR) is 85.3 cm³/mol. The second kappa shape index (κ2) is 6.89. The summed E-state index contributed by atoms with van der Waals surface area (Å²) in [5.41, 5.74) is 6.65. The average molecular weight is 290 g/mol. The summed E-state index contributed by atoms with van der Waals surface area (Å²) in [4.78, 5) is 19.0. The molecule has 1 aliphatic heterocycles. The molecule has 1 aromatic rings. The molecule has 0 bridgehead atoms. The Morgan fingerprint density at radius 1 is 1.48 bits per heavy atom. The molecule has 0 aromatic carbocycles. The van der Waals surface area contributed by atoms with E-state index < -0.39 is 0 Å². The highest BCUT2D eigenvalue weighted by Gasteiger charge is 2.27. The molecule has 0 saturated carbocycles. The molecule has 1 aliphatic rings. The number of nitrogens with zero attached hydrogens (tertiary/aromatic N) is 2. The van der Waals surface area contributed by atoms with Crippen molar-refractivity contribution in [2.24, 2.45) is 11.7 Å². The summed E-state index contributed by atoms with van der Waals surface area (Å²) in [5, 5.41) is 3.24. The van der Waals surface area contributed by atoms with Crippen molar-refractivity contribution in [1.29, 1.82) is 0 Å². The summed E-state index contributed by atoms with van der Waals surface area (Å²) in [6.45, 7) is 7.64. The molecule has 5 nitrogen and oxygen atoms in total. The number of pyridine rings is 1. The number of nitrogens with two attached hydrogens (primary N) is 1. The molecule has 1 amide bonds. The van der Waals surface area contributed by atoms with Crippen LogP contribution in [-0.4, -0.2) is 41.0 Å². The number of carbonyl (C=O) groups excluding carboxylic acids is 1. The van der Waals surface area contributed by atoms with E-state index in [2.05, 4.69) is 10.3 Å². The Morgan fingerprint density at radius 2 is 2.24 bits per heavy atom. The van der Waals surface area contributed by atoms with Crippen LogP contribution >= 0.6 is 0 Å². The van der Waals surface area contributed by atoms with Gasteiger partial charge in [-0.1, -0.05) is 0 Å². The number of hydrogen-bond donors (Lipinski definition) is 2. The number of likely N-dealkylation sites (tertiary alicyclic amines) is 1. The van der Waals surface area contributed by atoms with Crippen molar-refractivity contribution in [1.82, 2.24) is 9.88 Å². The highest BCUT2D eigenvalue weighted by Crippen LogP contribution is 2.22. The lowest BCUT2D eigenvalue weighted by Crippen LogP contribution is -2.45. The first-order valence-corrected chi connectivity index (χ1v) is 7.75. The van der Waals surface area contributed by atoms with Crippen molar-refractivity contribution in [2.75, 3.05) is 18.4 Å². The van der Waals surface area contributed by atoms with Crippen molar-refractivity contribution >= 4 is 11.7 Å². The van der Waals surface area contributed by atoms with Gasteiger partial charge in [-0.2, -0.15) is 0 Å². The number of carbonyl (C=O) groups is 1. The predicted octanol–water partition coefficient (Wildman–Crippen LogP) is 2.10. The summed E-state index contributed by atoms with van der Waals surface area (Å²) in [6.07, 6.45) is 3.83. The van der Waals surface area contributed by atoms with Gasteiger partial charge in [0.05, 0.1) is 5.56 Å². The van der Waals surface area contributed by atoms with E-state index in [1.165, 1.54) is 0 Å². The fraction of sp³-hybridized carbons (Fsp3) is 0.625. The second-order valence-electron chi connectivity index (χ2n) is 6.21. The Kier molecular flexibility index (Phi) is 5.17. The van der Waals surface area contributed by atoms with Gasteiger partial charge in [-0.15, -0.1) is 0 Å². The molecule has 1 fully saturated rings. The molecule has 2 atom stereocenters. The molecule has 0 unspecified atom stereocenters. The summed E-state index contributed by atoms with van der Waals surface area (Å²) < 4.78 is 0. The van der Waals surface area contributed by atoms with E-state index in [0.717, 1.165) is 25.9 Å². The standard InChI is InChI=1S/C16H26N4O/c1-11(2)19-15-14(7-4-8-18-15)16(21)20-9-5-6-13(10-20)12(3)17/h4,7-8,11-13H,5-6,9-10,17H2,1-3H3,(H,18,19)/t12-,13+/m1/s1. The third-order valence-corrected chi connectivity index (χ3v) is 3.95. The fourth-order valence-corrected chi connectivity index (χ4v) is 2.76.